The number of rotatable bonds is 8. The summed E-state index contributed by atoms with van der Waals surface area (Å²) in [5, 5.41) is 12.8. The van der Waals surface area contributed by atoms with Crippen molar-refractivity contribution in [3.63, 3.8) is 0 Å². The number of aryl methyl sites for hydroxylation is 1. The average Bonchev–Trinajstić information content (AvgIpc) is 3.15. The number of nitrogens with one attached hydrogen (secondary N) is 1. The van der Waals surface area contributed by atoms with E-state index in [9.17, 15) is 4.79 Å². The number of benzene rings is 2. The second-order valence-corrected chi connectivity index (χ2v) is 7.59. The van der Waals surface area contributed by atoms with E-state index in [-0.39, 0.29) is 29.4 Å². The summed E-state index contributed by atoms with van der Waals surface area (Å²) < 4.78 is 11.0. The van der Waals surface area contributed by atoms with E-state index in [0.717, 1.165) is 22.9 Å². The predicted molar refractivity (Wildman–Crippen MR) is 113 cm³/mol. The van der Waals surface area contributed by atoms with Gasteiger partial charge in [0.1, 0.15) is 5.75 Å². The molecule has 1 amide bonds. The van der Waals surface area contributed by atoms with Crippen LogP contribution in [0.3, 0.4) is 0 Å². The molecule has 0 spiro atoms. The van der Waals surface area contributed by atoms with E-state index in [0.29, 0.717) is 15.8 Å². The van der Waals surface area contributed by atoms with Crippen LogP contribution in [0.5, 0.6) is 5.75 Å². The third-order valence-corrected chi connectivity index (χ3v) is 4.85. The minimum atomic E-state index is -0.290. The van der Waals surface area contributed by atoms with Crippen molar-refractivity contribution in [2.75, 3.05) is 5.75 Å². The molecule has 0 aliphatic rings. The molecule has 0 radical (unpaired) electrons. The molecule has 10 heteroatoms. The lowest BCUT2D eigenvalue weighted by Gasteiger charge is -2.05. The van der Waals surface area contributed by atoms with Crippen LogP contribution in [-0.2, 0) is 11.4 Å². The number of aromatic nitrogens is 2. The van der Waals surface area contributed by atoms with E-state index in [4.69, 9.17) is 32.4 Å². The van der Waals surface area contributed by atoms with Gasteiger partial charge in [-0.25, -0.2) is 5.43 Å². The molecule has 0 bridgehead atoms. The molecule has 1 aromatic heterocycles. The first-order valence-electron chi connectivity index (χ1n) is 8.41. The minimum Gasteiger partial charge on any atom is -0.482 e. The maximum atomic E-state index is 11.9. The Morgan fingerprint density at radius 1 is 1.24 bits per heavy atom. The van der Waals surface area contributed by atoms with E-state index in [2.05, 4.69) is 20.7 Å². The van der Waals surface area contributed by atoms with Gasteiger partial charge in [-0.15, -0.1) is 10.2 Å². The highest BCUT2D eigenvalue weighted by Crippen LogP contribution is 2.28. The average molecular weight is 451 g/mol. The van der Waals surface area contributed by atoms with Crippen molar-refractivity contribution in [2.24, 2.45) is 5.10 Å². The largest absolute Gasteiger partial charge is 0.482 e. The van der Waals surface area contributed by atoms with Crippen molar-refractivity contribution in [1.29, 1.82) is 0 Å². The summed E-state index contributed by atoms with van der Waals surface area (Å²) in [4.78, 5) is 11.9. The highest BCUT2D eigenvalue weighted by atomic mass is 35.5. The van der Waals surface area contributed by atoms with Gasteiger partial charge >= 0.3 is 0 Å². The van der Waals surface area contributed by atoms with Crippen LogP contribution in [0.1, 0.15) is 17.0 Å². The fourth-order valence-electron chi connectivity index (χ4n) is 2.08. The molecular weight excluding hydrogens is 435 g/mol. The van der Waals surface area contributed by atoms with Gasteiger partial charge in [0.05, 0.1) is 17.0 Å². The Hall–Kier alpha value is -2.55. The van der Waals surface area contributed by atoms with E-state index in [1.165, 1.54) is 0 Å². The van der Waals surface area contributed by atoms with Gasteiger partial charge in [-0.05, 0) is 30.7 Å². The second-order valence-electron chi connectivity index (χ2n) is 5.82. The molecule has 29 heavy (non-hydrogen) atoms. The number of carbonyl (C=O) groups is 1. The van der Waals surface area contributed by atoms with Crippen LogP contribution in [-0.4, -0.2) is 28.1 Å². The maximum absolute atomic E-state index is 11.9. The molecule has 1 heterocycles. The molecule has 7 nitrogen and oxygen atoms in total. The van der Waals surface area contributed by atoms with Crippen LogP contribution in [0.4, 0.5) is 0 Å². The lowest BCUT2D eigenvalue weighted by Crippen LogP contribution is -2.19. The molecule has 2 aromatic carbocycles. The molecule has 0 fully saturated rings. The Balaban J connectivity index is 1.42. The highest BCUT2D eigenvalue weighted by molar-refractivity contribution is 7.99. The third-order valence-electron chi connectivity index (χ3n) is 3.50. The Morgan fingerprint density at radius 3 is 2.79 bits per heavy atom. The van der Waals surface area contributed by atoms with Crippen LogP contribution in [0.25, 0.3) is 0 Å². The number of amides is 1. The molecular formula is C19H16Cl2N4O3S. The maximum Gasteiger partial charge on any atom is 0.277 e. The van der Waals surface area contributed by atoms with Gasteiger partial charge in [0.15, 0.2) is 6.61 Å². The van der Waals surface area contributed by atoms with Crippen LogP contribution >= 0.6 is 35.0 Å². The van der Waals surface area contributed by atoms with Gasteiger partial charge in [-0.3, -0.25) is 4.79 Å². The van der Waals surface area contributed by atoms with Crippen molar-refractivity contribution in [3.05, 3.63) is 69.5 Å². The first kappa shape index (κ1) is 21.2. The smallest absolute Gasteiger partial charge is 0.277 e. The SMILES string of the molecule is Cc1ccc(/C=N\NC(=O)CSc2nnc(COc3ccc(Cl)cc3Cl)o2)cc1. The van der Waals surface area contributed by atoms with E-state index >= 15 is 0 Å². The monoisotopic (exact) mass is 450 g/mol. The van der Waals surface area contributed by atoms with E-state index in [1.54, 1.807) is 24.4 Å². The van der Waals surface area contributed by atoms with Crippen molar-refractivity contribution in [1.82, 2.24) is 15.6 Å². The molecule has 0 aliphatic carbocycles. The topological polar surface area (TPSA) is 89.6 Å². The number of thioether (sulfide) groups is 1. The molecule has 0 unspecified atom stereocenters. The van der Waals surface area contributed by atoms with Gasteiger partial charge in [-0.1, -0.05) is 64.8 Å². The van der Waals surface area contributed by atoms with Crippen LogP contribution < -0.4 is 10.2 Å². The number of halogens is 2. The van der Waals surface area contributed by atoms with E-state index < -0.39 is 0 Å². The minimum absolute atomic E-state index is 0.0436. The second kappa shape index (κ2) is 10.3. The molecule has 1 N–H and O–H groups in total. The van der Waals surface area contributed by atoms with Crippen molar-refractivity contribution >= 4 is 47.1 Å². The number of hydrazone groups is 1. The zero-order valence-corrected chi connectivity index (χ0v) is 17.6. The van der Waals surface area contributed by atoms with Gasteiger partial charge < -0.3 is 9.15 Å². The Labute approximate surface area is 181 Å². The molecule has 0 aliphatic heterocycles. The number of carbonyl (C=O) groups excluding carboxylic acids is 1. The molecule has 3 rings (SSSR count). The summed E-state index contributed by atoms with van der Waals surface area (Å²) in [7, 11) is 0. The number of nitrogens with zero attached hydrogens (tertiary/aromatic N) is 3. The lowest BCUT2D eigenvalue weighted by molar-refractivity contribution is -0.118. The van der Waals surface area contributed by atoms with Gasteiger partial charge in [0.25, 0.3) is 17.0 Å². The molecule has 150 valence electrons. The first-order chi connectivity index (χ1) is 14.0. The quantitative estimate of drug-likeness (QED) is 0.308. The zero-order valence-electron chi connectivity index (χ0n) is 15.3. The van der Waals surface area contributed by atoms with E-state index in [1.807, 2.05) is 31.2 Å². The summed E-state index contributed by atoms with van der Waals surface area (Å²) in [5.41, 5.74) is 4.50. The van der Waals surface area contributed by atoms with Gasteiger partial charge in [-0.2, -0.15) is 5.10 Å². The fourth-order valence-corrected chi connectivity index (χ4v) is 3.11. The van der Waals surface area contributed by atoms with Crippen molar-refractivity contribution in [2.45, 2.75) is 18.8 Å². The normalized spacial score (nSPS) is 11.0. The molecule has 0 saturated heterocycles. The van der Waals surface area contributed by atoms with Crippen molar-refractivity contribution in [3.8, 4) is 5.75 Å². The predicted octanol–water partition coefficient (Wildman–Crippen LogP) is 4.51. The summed E-state index contributed by atoms with van der Waals surface area (Å²) >= 11 is 13.0. The summed E-state index contributed by atoms with van der Waals surface area (Å²) in [6.07, 6.45) is 1.58. The Morgan fingerprint density at radius 2 is 2.03 bits per heavy atom. The van der Waals surface area contributed by atoms with Crippen LogP contribution in [0.2, 0.25) is 10.0 Å². The van der Waals surface area contributed by atoms with Gasteiger partial charge in [0.2, 0.25) is 0 Å². The fraction of sp³-hybridized carbons (Fsp3) is 0.158. The summed E-state index contributed by atoms with van der Waals surface area (Å²) in [6, 6.07) is 12.7. The van der Waals surface area contributed by atoms with Crippen LogP contribution in [0.15, 0.2) is 57.2 Å². The zero-order chi connectivity index (χ0) is 20.6. The summed E-state index contributed by atoms with van der Waals surface area (Å²) in [5.74, 6) is 0.504. The Kier molecular flexibility index (Phi) is 7.51. The first-order valence-corrected chi connectivity index (χ1v) is 10.2. The Bertz CT molecular complexity index is 1010. The third kappa shape index (κ3) is 6.77. The number of hydrogen-bond acceptors (Lipinski definition) is 7. The lowest BCUT2D eigenvalue weighted by atomic mass is 10.2. The molecule has 3 aromatic rings. The highest BCUT2D eigenvalue weighted by Gasteiger charge is 2.11. The standard InChI is InChI=1S/C19H16Cl2N4O3S/c1-12-2-4-13(5-3-12)9-22-23-17(26)11-29-19-25-24-18(28-19)10-27-16-7-6-14(20)8-15(16)21/h2-9H,10-11H2,1H3,(H,23,26)/b22-9-. The summed E-state index contributed by atoms with van der Waals surface area (Å²) in [6.45, 7) is 2.05. The number of hydrogen-bond donors (Lipinski definition) is 1. The molecule has 0 atom stereocenters. The number of ether oxygens (including phenoxy) is 1. The van der Waals surface area contributed by atoms with Gasteiger partial charge in [0, 0.05) is 5.02 Å². The molecule has 0 saturated carbocycles. The van der Waals surface area contributed by atoms with Crippen molar-refractivity contribution < 1.29 is 13.9 Å². The van der Waals surface area contributed by atoms with Crippen LogP contribution in [0, 0.1) is 6.92 Å².